The largest absolute Gasteiger partial charge is 0.465 e. The van der Waals surface area contributed by atoms with Crippen molar-refractivity contribution in [2.75, 3.05) is 13.1 Å². The zero-order chi connectivity index (χ0) is 16.3. The molecule has 1 aliphatic heterocycles. The van der Waals surface area contributed by atoms with Gasteiger partial charge in [0.1, 0.15) is 6.10 Å². The molecule has 0 saturated carbocycles. The van der Waals surface area contributed by atoms with Crippen LogP contribution in [0.2, 0.25) is 0 Å². The Morgan fingerprint density at radius 2 is 2.13 bits per heavy atom. The van der Waals surface area contributed by atoms with Crippen LogP contribution >= 0.6 is 11.3 Å². The number of benzene rings is 1. The molecule has 5 nitrogen and oxygen atoms in total. The number of aryl methyl sites for hydroxylation is 1. The molecule has 1 unspecified atom stereocenters. The van der Waals surface area contributed by atoms with Crippen molar-refractivity contribution >= 4 is 27.4 Å². The van der Waals surface area contributed by atoms with Gasteiger partial charge in [-0.1, -0.05) is 41.2 Å². The Morgan fingerprint density at radius 1 is 1.35 bits per heavy atom. The fourth-order valence-electron chi connectivity index (χ4n) is 2.36. The van der Waals surface area contributed by atoms with E-state index in [0.29, 0.717) is 24.7 Å². The van der Waals surface area contributed by atoms with Crippen LogP contribution in [0.25, 0.3) is 6.08 Å². The molecule has 1 saturated heterocycles. The van der Waals surface area contributed by atoms with Crippen LogP contribution in [0.4, 0.5) is 0 Å². The van der Waals surface area contributed by atoms with Crippen molar-refractivity contribution in [2.24, 2.45) is 0 Å². The van der Waals surface area contributed by atoms with E-state index < -0.39 is 10.0 Å². The molecule has 7 heteroatoms. The van der Waals surface area contributed by atoms with E-state index in [9.17, 15) is 8.42 Å². The summed E-state index contributed by atoms with van der Waals surface area (Å²) in [5, 5.41) is 3.69. The highest BCUT2D eigenvalue weighted by atomic mass is 32.2. The molecule has 1 aromatic heterocycles. The van der Waals surface area contributed by atoms with E-state index >= 15 is 0 Å². The normalized spacial score (nSPS) is 19.4. The van der Waals surface area contributed by atoms with E-state index in [2.05, 4.69) is 4.98 Å². The van der Waals surface area contributed by atoms with E-state index in [4.69, 9.17) is 4.74 Å². The molecule has 3 rings (SSSR count). The zero-order valence-electron chi connectivity index (χ0n) is 12.8. The summed E-state index contributed by atoms with van der Waals surface area (Å²) in [7, 11) is -3.42. The molecule has 0 amide bonds. The Kier molecular flexibility index (Phi) is 4.79. The number of sulfonamides is 1. The van der Waals surface area contributed by atoms with E-state index in [1.807, 2.05) is 36.6 Å². The second-order valence-electron chi connectivity index (χ2n) is 5.44. The topological polar surface area (TPSA) is 59.5 Å². The lowest BCUT2D eigenvalue weighted by Gasteiger charge is -2.14. The van der Waals surface area contributed by atoms with Gasteiger partial charge in [-0.25, -0.2) is 13.4 Å². The van der Waals surface area contributed by atoms with Crippen LogP contribution in [0, 0.1) is 6.92 Å². The molecule has 122 valence electrons. The van der Waals surface area contributed by atoms with Gasteiger partial charge >= 0.3 is 0 Å². The van der Waals surface area contributed by atoms with Gasteiger partial charge in [0.2, 0.25) is 10.0 Å². The van der Waals surface area contributed by atoms with Gasteiger partial charge in [0.15, 0.2) is 0 Å². The Morgan fingerprint density at radius 3 is 2.83 bits per heavy atom. The third kappa shape index (κ3) is 4.19. The summed E-state index contributed by atoms with van der Waals surface area (Å²) in [4.78, 5) is 4.06. The predicted molar refractivity (Wildman–Crippen MR) is 91.9 cm³/mol. The van der Waals surface area contributed by atoms with Gasteiger partial charge in [-0.3, -0.25) is 0 Å². The standard InChI is InChI=1S/C16H18N2O3S2/c1-13-2-4-14(5-3-13)7-11-23(19,20)18-9-6-15(12-18)21-16-17-8-10-22-16/h2-5,7-8,10-11,15H,6,9,12H2,1H3/b11-7+. The molecule has 1 aromatic carbocycles. The summed E-state index contributed by atoms with van der Waals surface area (Å²) in [5.41, 5.74) is 2.01. The lowest BCUT2D eigenvalue weighted by molar-refractivity contribution is 0.215. The summed E-state index contributed by atoms with van der Waals surface area (Å²) >= 11 is 1.41. The first-order valence-corrected chi connectivity index (χ1v) is 9.72. The first kappa shape index (κ1) is 16.2. The van der Waals surface area contributed by atoms with E-state index in [1.165, 1.54) is 21.1 Å². The second-order valence-corrected chi connectivity index (χ2v) is 8.12. The maximum absolute atomic E-state index is 12.4. The van der Waals surface area contributed by atoms with Crippen LogP contribution in [0.15, 0.2) is 41.3 Å². The molecule has 23 heavy (non-hydrogen) atoms. The van der Waals surface area contributed by atoms with Crippen molar-refractivity contribution in [2.45, 2.75) is 19.4 Å². The maximum Gasteiger partial charge on any atom is 0.273 e. The smallest absolute Gasteiger partial charge is 0.273 e. The Bertz CT molecular complexity index is 768. The molecule has 1 atom stereocenters. The average Bonchev–Trinajstić information content (AvgIpc) is 3.19. The molecule has 0 radical (unpaired) electrons. The van der Waals surface area contributed by atoms with Crippen LogP contribution in [-0.4, -0.2) is 36.9 Å². The van der Waals surface area contributed by atoms with Crippen molar-refractivity contribution < 1.29 is 13.2 Å². The van der Waals surface area contributed by atoms with Crippen molar-refractivity contribution in [3.63, 3.8) is 0 Å². The molecule has 0 spiro atoms. The van der Waals surface area contributed by atoms with Crippen LogP contribution in [0.3, 0.4) is 0 Å². The fourth-order valence-corrected chi connectivity index (χ4v) is 4.15. The van der Waals surface area contributed by atoms with E-state index in [1.54, 1.807) is 12.3 Å². The zero-order valence-corrected chi connectivity index (χ0v) is 14.4. The maximum atomic E-state index is 12.4. The lowest BCUT2D eigenvalue weighted by Crippen LogP contribution is -2.29. The molecule has 1 fully saturated rings. The van der Waals surface area contributed by atoms with Crippen molar-refractivity contribution in [3.05, 3.63) is 52.4 Å². The summed E-state index contributed by atoms with van der Waals surface area (Å²) < 4.78 is 31.9. The Balaban J connectivity index is 1.62. The second kappa shape index (κ2) is 6.82. The fraction of sp³-hybridized carbons (Fsp3) is 0.312. The highest BCUT2D eigenvalue weighted by Crippen LogP contribution is 2.22. The summed E-state index contributed by atoms with van der Waals surface area (Å²) in [6, 6.07) is 7.72. The first-order valence-electron chi connectivity index (χ1n) is 7.34. The first-order chi connectivity index (χ1) is 11.0. The van der Waals surface area contributed by atoms with Gasteiger partial charge in [-0.05, 0) is 25.0 Å². The summed E-state index contributed by atoms with van der Waals surface area (Å²) in [6.45, 7) is 2.83. The minimum Gasteiger partial charge on any atom is -0.465 e. The van der Waals surface area contributed by atoms with Gasteiger partial charge < -0.3 is 4.74 Å². The number of aromatic nitrogens is 1. The molecule has 2 aromatic rings. The molecule has 2 heterocycles. The van der Waals surface area contributed by atoms with Gasteiger partial charge in [0.05, 0.1) is 6.54 Å². The molecule has 0 N–H and O–H groups in total. The minimum absolute atomic E-state index is 0.135. The predicted octanol–water partition coefficient (Wildman–Crippen LogP) is 2.91. The van der Waals surface area contributed by atoms with Gasteiger partial charge in [0, 0.05) is 23.5 Å². The lowest BCUT2D eigenvalue weighted by atomic mass is 10.2. The molecule has 0 bridgehead atoms. The molecular formula is C16H18N2O3S2. The van der Waals surface area contributed by atoms with Gasteiger partial charge in [-0.15, -0.1) is 0 Å². The average molecular weight is 350 g/mol. The number of nitrogens with zero attached hydrogens (tertiary/aromatic N) is 2. The number of thiazole rings is 1. The summed E-state index contributed by atoms with van der Waals surface area (Å²) in [6.07, 6.45) is 3.85. The monoisotopic (exact) mass is 350 g/mol. The highest BCUT2D eigenvalue weighted by Gasteiger charge is 2.31. The number of ether oxygens (including phenoxy) is 1. The van der Waals surface area contributed by atoms with E-state index in [0.717, 1.165) is 11.1 Å². The number of hydrogen-bond donors (Lipinski definition) is 0. The van der Waals surface area contributed by atoms with Crippen molar-refractivity contribution in [3.8, 4) is 5.19 Å². The molecule has 0 aliphatic carbocycles. The highest BCUT2D eigenvalue weighted by molar-refractivity contribution is 7.92. The van der Waals surface area contributed by atoms with Gasteiger partial charge in [0.25, 0.3) is 5.19 Å². The number of hydrogen-bond acceptors (Lipinski definition) is 5. The third-order valence-electron chi connectivity index (χ3n) is 3.65. The van der Waals surface area contributed by atoms with Crippen molar-refractivity contribution in [1.82, 2.24) is 9.29 Å². The minimum atomic E-state index is -3.42. The Labute approximate surface area is 140 Å². The molecular weight excluding hydrogens is 332 g/mol. The SMILES string of the molecule is Cc1ccc(/C=C/S(=O)(=O)N2CCC(Oc3nccs3)C2)cc1. The number of rotatable bonds is 5. The van der Waals surface area contributed by atoms with Crippen LogP contribution in [0.1, 0.15) is 17.5 Å². The quantitative estimate of drug-likeness (QED) is 0.832. The van der Waals surface area contributed by atoms with E-state index in [-0.39, 0.29) is 6.10 Å². The van der Waals surface area contributed by atoms with Gasteiger partial charge in [-0.2, -0.15) is 4.31 Å². The Hall–Kier alpha value is -1.70. The van der Waals surface area contributed by atoms with Crippen molar-refractivity contribution in [1.29, 1.82) is 0 Å². The third-order valence-corrected chi connectivity index (χ3v) is 5.85. The molecule has 1 aliphatic rings. The van der Waals surface area contributed by atoms with Crippen LogP contribution < -0.4 is 4.74 Å². The van der Waals surface area contributed by atoms with Crippen LogP contribution in [-0.2, 0) is 10.0 Å². The van der Waals surface area contributed by atoms with Crippen LogP contribution in [0.5, 0.6) is 5.19 Å². The summed E-state index contributed by atoms with van der Waals surface area (Å²) in [5.74, 6) is 0.